The Morgan fingerprint density at radius 3 is 3.06 bits per heavy atom. The number of nitrogens with two attached hydrogens (primary N) is 1. The molecule has 0 spiro atoms. The molecule has 4 heteroatoms. The second kappa shape index (κ2) is 8.26. The van der Waals surface area contributed by atoms with Crippen LogP contribution in [0.2, 0.25) is 0 Å². The highest BCUT2D eigenvalue weighted by molar-refractivity contribution is 5.94. The molecule has 0 fully saturated rings. The number of carbonyl (C=O) groups excluding carboxylic acids is 1. The second-order valence-corrected chi connectivity index (χ2v) is 3.87. The van der Waals surface area contributed by atoms with E-state index in [2.05, 4.69) is 29.1 Å². The maximum atomic E-state index is 11.9. The van der Waals surface area contributed by atoms with Gasteiger partial charge in [-0.15, -0.1) is 0 Å². The molecule has 1 heterocycles. The monoisotopic (exact) mass is 245 g/mol. The summed E-state index contributed by atoms with van der Waals surface area (Å²) >= 11 is 0. The number of amides is 1. The zero-order valence-corrected chi connectivity index (χ0v) is 10.7. The van der Waals surface area contributed by atoms with Gasteiger partial charge in [0, 0.05) is 12.7 Å². The number of nitrogens with zero attached hydrogens (tertiary/aromatic N) is 1. The molecule has 0 aromatic carbocycles. The molecule has 0 saturated carbocycles. The molecule has 0 aliphatic heterocycles. The van der Waals surface area contributed by atoms with Crippen LogP contribution in [0.25, 0.3) is 0 Å². The Labute approximate surface area is 108 Å². The summed E-state index contributed by atoms with van der Waals surface area (Å²) < 4.78 is 0. The van der Waals surface area contributed by atoms with Crippen LogP contribution in [0, 0.1) is 11.8 Å². The van der Waals surface area contributed by atoms with Gasteiger partial charge in [-0.2, -0.15) is 0 Å². The van der Waals surface area contributed by atoms with Gasteiger partial charge in [0.2, 0.25) is 0 Å². The van der Waals surface area contributed by atoms with E-state index in [0.717, 1.165) is 19.3 Å². The van der Waals surface area contributed by atoms with E-state index in [-0.39, 0.29) is 12.5 Å². The van der Waals surface area contributed by atoms with Gasteiger partial charge in [0.05, 0.1) is 12.1 Å². The van der Waals surface area contributed by atoms with Gasteiger partial charge in [0.1, 0.15) is 5.69 Å². The Morgan fingerprint density at radius 1 is 1.50 bits per heavy atom. The molecule has 1 rings (SSSR count). The molecule has 1 amide bonds. The molecule has 4 nitrogen and oxygen atoms in total. The third-order valence-electron chi connectivity index (χ3n) is 2.41. The Hall–Kier alpha value is -1.86. The maximum Gasteiger partial charge on any atom is 0.271 e. The number of nitrogens with one attached hydrogen (secondary N) is 1. The lowest BCUT2D eigenvalue weighted by Crippen LogP contribution is -2.26. The van der Waals surface area contributed by atoms with E-state index in [0.29, 0.717) is 17.8 Å². The highest BCUT2D eigenvalue weighted by Crippen LogP contribution is 2.03. The molecule has 1 aromatic rings. The largest absolute Gasteiger partial charge is 0.351 e. The van der Waals surface area contributed by atoms with Gasteiger partial charge in [0.15, 0.2) is 0 Å². The minimum absolute atomic E-state index is 0.173. The highest BCUT2D eigenvalue weighted by Gasteiger charge is 2.10. The minimum Gasteiger partial charge on any atom is -0.351 e. The van der Waals surface area contributed by atoms with E-state index in [1.54, 1.807) is 18.3 Å². The average Bonchev–Trinajstić information content (AvgIpc) is 2.41. The number of aromatic nitrogens is 1. The molecule has 0 aliphatic rings. The third kappa shape index (κ3) is 4.56. The molecule has 0 atom stereocenters. The van der Waals surface area contributed by atoms with E-state index in [1.807, 2.05) is 0 Å². The van der Waals surface area contributed by atoms with Gasteiger partial charge in [-0.05, 0) is 18.6 Å². The molecule has 18 heavy (non-hydrogen) atoms. The molecule has 0 aliphatic carbocycles. The number of hydrogen-bond acceptors (Lipinski definition) is 3. The first-order valence-corrected chi connectivity index (χ1v) is 6.21. The predicted octanol–water partition coefficient (Wildman–Crippen LogP) is 1.31. The molecular weight excluding hydrogens is 226 g/mol. The summed E-state index contributed by atoms with van der Waals surface area (Å²) in [6.07, 6.45) is 4.82. The first-order valence-electron chi connectivity index (χ1n) is 6.21. The number of carbonyl (C=O) groups is 1. The fourth-order valence-electron chi connectivity index (χ4n) is 1.49. The summed E-state index contributed by atoms with van der Waals surface area (Å²) in [4.78, 5) is 16.0. The van der Waals surface area contributed by atoms with Crippen molar-refractivity contribution < 1.29 is 4.79 Å². The fourth-order valence-corrected chi connectivity index (χ4v) is 1.49. The molecule has 0 bridgehead atoms. The van der Waals surface area contributed by atoms with Crippen LogP contribution in [0.5, 0.6) is 0 Å². The lowest BCUT2D eigenvalue weighted by atomic mass is 10.2. The molecular formula is C14H19N3O. The molecule has 0 saturated heterocycles. The van der Waals surface area contributed by atoms with Gasteiger partial charge in [0.25, 0.3) is 5.91 Å². The van der Waals surface area contributed by atoms with Gasteiger partial charge < -0.3 is 11.1 Å². The van der Waals surface area contributed by atoms with Crippen molar-refractivity contribution in [1.29, 1.82) is 0 Å². The summed E-state index contributed by atoms with van der Waals surface area (Å²) in [5.74, 6) is 5.42. The quantitative estimate of drug-likeness (QED) is 0.607. The van der Waals surface area contributed by atoms with Gasteiger partial charge >= 0.3 is 0 Å². The lowest BCUT2D eigenvalue weighted by Gasteiger charge is -2.05. The summed E-state index contributed by atoms with van der Waals surface area (Å²) in [5.41, 5.74) is 6.31. The SMILES string of the molecule is CCCCCNC(=O)c1ncccc1C#CCN. The molecule has 96 valence electrons. The average molecular weight is 245 g/mol. The van der Waals surface area contributed by atoms with Gasteiger partial charge in [-0.25, -0.2) is 4.98 Å². The minimum atomic E-state index is -0.173. The Kier molecular flexibility index (Phi) is 6.52. The van der Waals surface area contributed by atoms with Crippen LogP contribution in [0.1, 0.15) is 42.2 Å². The van der Waals surface area contributed by atoms with E-state index in [9.17, 15) is 4.79 Å². The van der Waals surface area contributed by atoms with Crippen molar-refractivity contribution in [3.05, 3.63) is 29.6 Å². The van der Waals surface area contributed by atoms with Gasteiger partial charge in [-0.3, -0.25) is 4.79 Å². The van der Waals surface area contributed by atoms with Crippen molar-refractivity contribution in [2.45, 2.75) is 26.2 Å². The highest BCUT2D eigenvalue weighted by atomic mass is 16.1. The Morgan fingerprint density at radius 2 is 2.33 bits per heavy atom. The van der Waals surface area contributed by atoms with Crippen LogP contribution in [-0.2, 0) is 0 Å². The fraction of sp³-hybridized carbons (Fsp3) is 0.429. The molecule has 1 aromatic heterocycles. The summed E-state index contributed by atoms with van der Waals surface area (Å²) in [5, 5.41) is 2.85. The smallest absolute Gasteiger partial charge is 0.271 e. The second-order valence-electron chi connectivity index (χ2n) is 3.87. The molecule has 3 N–H and O–H groups in total. The van der Waals surface area contributed by atoms with Crippen molar-refractivity contribution in [2.24, 2.45) is 5.73 Å². The third-order valence-corrected chi connectivity index (χ3v) is 2.41. The standard InChI is InChI=1S/C14H19N3O/c1-2-3-4-10-17-14(18)13-12(7-5-9-15)8-6-11-16-13/h6,8,11H,2-4,9-10,15H2,1H3,(H,17,18). The van der Waals surface area contributed by atoms with Crippen molar-refractivity contribution in [2.75, 3.05) is 13.1 Å². The van der Waals surface area contributed by atoms with Crippen molar-refractivity contribution >= 4 is 5.91 Å². The molecule has 0 unspecified atom stereocenters. The van der Waals surface area contributed by atoms with Crippen molar-refractivity contribution in [1.82, 2.24) is 10.3 Å². The number of unbranched alkanes of at least 4 members (excludes halogenated alkanes) is 2. The number of rotatable bonds is 5. The van der Waals surface area contributed by atoms with E-state index < -0.39 is 0 Å². The van der Waals surface area contributed by atoms with Crippen LogP contribution in [0.4, 0.5) is 0 Å². The Bertz CT molecular complexity index is 446. The summed E-state index contributed by atoms with van der Waals surface area (Å²) in [6, 6.07) is 3.53. The maximum absolute atomic E-state index is 11.9. The van der Waals surface area contributed by atoms with Gasteiger partial charge in [-0.1, -0.05) is 31.6 Å². The van der Waals surface area contributed by atoms with E-state index >= 15 is 0 Å². The zero-order valence-electron chi connectivity index (χ0n) is 10.7. The van der Waals surface area contributed by atoms with Crippen LogP contribution in [-0.4, -0.2) is 24.0 Å². The first kappa shape index (κ1) is 14.2. The zero-order chi connectivity index (χ0) is 13.2. The Balaban J connectivity index is 2.67. The van der Waals surface area contributed by atoms with Crippen molar-refractivity contribution in [3.8, 4) is 11.8 Å². The van der Waals surface area contributed by atoms with Crippen LogP contribution in [0.3, 0.4) is 0 Å². The normalized spacial score (nSPS) is 9.44. The number of pyridine rings is 1. The van der Waals surface area contributed by atoms with Crippen LogP contribution >= 0.6 is 0 Å². The van der Waals surface area contributed by atoms with E-state index in [4.69, 9.17) is 5.73 Å². The first-order chi connectivity index (χ1) is 8.79. The summed E-state index contributed by atoms with van der Waals surface area (Å²) in [6.45, 7) is 3.07. The predicted molar refractivity (Wildman–Crippen MR) is 72.0 cm³/mol. The summed E-state index contributed by atoms with van der Waals surface area (Å²) in [7, 11) is 0. The van der Waals surface area contributed by atoms with Crippen molar-refractivity contribution in [3.63, 3.8) is 0 Å². The van der Waals surface area contributed by atoms with Crippen LogP contribution < -0.4 is 11.1 Å². The van der Waals surface area contributed by atoms with E-state index in [1.165, 1.54) is 0 Å². The lowest BCUT2D eigenvalue weighted by molar-refractivity contribution is 0.0948. The number of hydrogen-bond donors (Lipinski definition) is 2. The van der Waals surface area contributed by atoms with Crippen LogP contribution in [0.15, 0.2) is 18.3 Å². The topological polar surface area (TPSA) is 68.0 Å². The molecule has 0 radical (unpaired) electrons.